The summed E-state index contributed by atoms with van der Waals surface area (Å²) < 4.78 is 14.4. The van der Waals surface area contributed by atoms with Crippen LogP contribution in [0.3, 0.4) is 0 Å². The van der Waals surface area contributed by atoms with Crippen molar-refractivity contribution in [1.82, 2.24) is 5.32 Å². The number of nitrogens with one attached hydrogen (secondary N) is 1. The van der Waals surface area contributed by atoms with Crippen LogP contribution in [0.5, 0.6) is 0 Å². The molecule has 0 saturated carbocycles. The van der Waals surface area contributed by atoms with Crippen LogP contribution in [-0.4, -0.2) is 33.6 Å². The molecule has 1 unspecified atom stereocenters. The van der Waals surface area contributed by atoms with Crippen molar-refractivity contribution in [2.24, 2.45) is 10.2 Å². The van der Waals surface area contributed by atoms with Crippen molar-refractivity contribution < 1.29 is 19.1 Å². The number of halogens is 3. The Morgan fingerprint density at radius 2 is 2.23 bits per heavy atom. The third-order valence-electron chi connectivity index (χ3n) is 2.50. The van der Waals surface area contributed by atoms with Crippen molar-refractivity contribution in [2.45, 2.75) is 11.7 Å². The van der Waals surface area contributed by atoms with Crippen molar-refractivity contribution in [3.8, 4) is 0 Å². The molecule has 1 atom stereocenters. The van der Waals surface area contributed by atoms with Crippen molar-refractivity contribution >= 4 is 66.9 Å². The Morgan fingerprint density at radius 1 is 1.50 bits per heavy atom. The highest BCUT2D eigenvalue weighted by Gasteiger charge is 2.32. The average molecular weight is 453 g/mol. The Labute approximate surface area is 145 Å². The summed E-state index contributed by atoms with van der Waals surface area (Å²) in [5, 5.41) is 18.2. The normalized spacial score (nSPS) is 19.9. The monoisotopic (exact) mass is 451 g/mol. The first kappa shape index (κ1) is 17.1. The first-order chi connectivity index (χ1) is 10.4. The summed E-state index contributed by atoms with van der Waals surface area (Å²) >= 11 is 7.47. The Morgan fingerprint density at radius 3 is 2.91 bits per heavy atom. The fourth-order valence-corrected chi connectivity index (χ4v) is 3.25. The molecule has 2 N–H and O–H groups in total. The van der Waals surface area contributed by atoms with Gasteiger partial charge in [-0.25, -0.2) is 4.39 Å². The molecular weight excluding hydrogens is 445 g/mol. The largest absolute Gasteiger partial charge is 0.481 e. The highest BCUT2D eigenvalue weighted by molar-refractivity contribution is 9.13. The van der Waals surface area contributed by atoms with Crippen molar-refractivity contribution in [1.29, 1.82) is 0 Å². The van der Waals surface area contributed by atoms with Crippen LogP contribution >= 0.6 is 43.6 Å². The van der Waals surface area contributed by atoms with Crippen LogP contribution in [-0.2, 0) is 9.59 Å². The molecule has 0 bridgehead atoms. The van der Waals surface area contributed by atoms with E-state index in [9.17, 15) is 14.0 Å². The number of benzene rings is 1. The molecule has 1 amide bonds. The topological polar surface area (TPSA) is 91.1 Å². The number of carboxylic acids is 1. The molecular formula is C12H8Br2FN3O3S. The molecule has 2 rings (SSSR count). The first-order valence-corrected chi connectivity index (χ1v) is 8.28. The molecule has 1 aliphatic heterocycles. The van der Waals surface area contributed by atoms with Gasteiger partial charge in [0.05, 0.1) is 12.6 Å². The predicted octanol–water partition coefficient (Wildman–Crippen LogP) is 2.75. The Hall–Kier alpha value is -1.26. The minimum absolute atomic E-state index is 0.207. The summed E-state index contributed by atoms with van der Waals surface area (Å²) in [4.78, 5) is 22.1. The molecule has 0 aromatic heterocycles. The van der Waals surface area contributed by atoms with Gasteiger partial charge in [0.1, 0.15) is 11.1 Å². The highest BCUT2D eigenvalue weighted by Crippen LogP contribution is 2.27. The fraction of sp³-hybridized carbons (Fsp3) is 0.167. The molecule has 1 aliphatic rings. The lowest BCUT2D eigenvalue weighted by Crippen LogP contribution is -2.26. The number of thioether (sulfide) groups is 1. The van der Waals surface area contributed by atoms with E-state index in [0.717, 1.165) is 11.8 Å². The van der Waals surface area contributed by atoms with Gasteiger partial charge in [-0.15, -0.1) is 5.10 Å². The number of aliphatic carboxylic acids is 1. The molecule has 1 aromatic carbocycles. The van der Waals surface area contributed by atoms with Gasteiger partial charge in [0.15, 0.2) is 5.17 Å². The van der Waals surface area contributed by atoms with Gasteiger partial charge >= 0.3 is 5.97 Å². The summed E-state index contributed by atoms with van der Waals surface area (Å²) in [5.41, 5.74) is 0.465. The number of rotatable bonds is 4. The van der Waals surface area contributed by atoms with E-state index in [1.54, 1.807) is 0 Å². The van der Waals surface area contributed by atoms with E-state index >= 15 is 0 Å². The zero-order valence-electron chi connectivity index (χ0n) is 10.7. The van der Waals surface area contributed by atoms with E-state index in [4.69, 9.17) is 5.11 Å². The van der Waals surface area contributed by atoms with Crippen molar-refractivity contribution in [3.63, 3.8) is 0 Å². The Kier molecular flexibility index (Phi) is 5.70. The third kappa shape index (κ3) is 4.37. The van der Waals surface area contributed by atoms with Crippen LogP contribution in [0.1, 0.15) is 12.0 Å². The quantitative estimate of drug-likeness (QED) is 0.417. The van der Waals surface area contributed by atoms with E-state index in [-0.39, 0.29) is 11.6 Å². The van der Waals surface area contributed by atoms with E-state index in [0.29, 0.717) is 14.5 Å². The van der Waals surface area contributed by atoms with Gasteiger partial charge in [0.2, 0.25) is 5.91 Å². The maximum atomic E-state index is 13.3. The maximum Gasteiger partial charge on any atom is 0.305 e. The smallest absolute Gasteiger partial charge is 0.305 e. The second kappa shape index (κ2) is 7.34. The molecule has 10 heteroatoms. The number of carbonyl (C=O) groups excluding carboxylic acids is 1. The molecule has 116 valence electrons. The maximum absolute atomic E-state index is 13.3. The Bertz CT molecular complexity index is 696. The van der Waals surface area contributed by atoms with Gasteiger partial charge in [-0.1, -0.05) is 11.8 Å². The summed E-state index contributed by atoms with van der Waals surface area (Å²) in [5.74, 6) is -1.92. The molecule has 1 fully saturated rings. The number of carbonyl (C=O) groups is 2. The van der Waals surface area contributed by atoms with Gasteiger partial charge < -0.3 is 10.4 Å². The summed E-state index contributed by atoms with van der Waals surface area (Å²) in [6.45, 7) is 0. The lowest BCUT2D eigenvalue weighted by molar-refractivity contribution is -0.138. The van der Waals surface area contributed by atoms with Crippen molar-refractivity contribution in [2.75, 3.05) is 0 Å². The number of amidine groups is 1. The third-order valence-corrected chi connectivity index (χ3v) is 5.62. The minimum Gasteiger partial charge on any atom is -0.481 e. The molecule has 0 spiro atoms. The number of amides is 1. The lowest BCUT2D eigenvalue weighted by Gasteiger charge is -2.00. The van der Waals surface area contributed by atoms with Gasteiger partial charge in [0, 0.05) is 14.5 Å². The second-order valence-corrected chi connectivity index (χ2v) is 6.97. The average Bonchev–Trinajstić information content (AvgIpc) is 2.75. The SMILES string of the molecule is O=C(O)CC1SC(=NN=Cc2cc(F)cc(Br)c2Br)NC1=O. The number of hydrogen-bond acceptors (Lipinski definition) is 5. The van der Waals surface area contributed by atoms with Gasteiger partial charge in [0.25, 0.3) is 0 Å². The molecule has 1 heterocycles. The van der Waals surface area contributed by atoms with Crippen LogP contribution in [0, 0.1) is 5.82 Å². The van der Waals surface area contributed by atoms with E-state index in [2.05, 4.69) is 47.4 Å². The molecule has 0 aliphatic carbocycles. The molecule has 0 radical (unpaired) electrons. The highest BCUT2D eigenvalue weighted by atomic mass is 79.9. The summed E-state index contributed by atoms with van der Waals surface area (Å²) in [6, 6.07) is 2.57. The number of carboxylic acid groups (broad SMARTS) is 1. The molecule has 6 nitrogen and oxygen atoms in total. The molecule has 22 heavy (non-hydrogen) atoms. The lowest BCUT2D eigenvalue weighted by atomic mass is 10.2. The van der Waals surface area contributed by atoms with Crippen LogP contribution in [0.25, 0.3) is 0 Å². The zero-order chi connectivity index (χ0) is 16.3. The molecule has 1 saturated heterocycles. The summed E-state index contributed by atoms with van der Waals surface area (Å²) in [7, 11) is 0. The van der Waals surface area contributed by atoms with E-state index in [1.807, 2.05) is 0 Å². The van der Waals surface area contributed by atoms with Gasteiger partial charge in [-0.2, -0.15) is 5.10 Å². The molecule has 1 aromatic rings. The van der Waals surface area contributed by atoms with Crippen LogP contribution in [0.2, 0.25) is 0 Å². The first-order valence-electron chi connectivity index (χ1n) is 5.81. The standard InChI is InChI=1S/C12H8Br2FN3O3S/c13-7-2-6(15)1-5(10(7)14)4-16-18-12-17-11(21)8(22-12)3-9(19)20/h1-2,4,8H,3H2,(H,19,20)(H,17,18,21). The van der Waals surface area contributed by atoms with Crippen LogP contribution in [0.15, 0.2) is 31.3 Å². The fourth-order valence-electron chi connectivity index (χ4n) is 1.56. The van der Waals surface area contributed by atoms with E-state index < -0.39 is 22.9 Å². The van der Waals surface area contributed by atoms with Crippen molar-refractivity contribution in [3.05, 3.63) is 32.5 Å². The van der Waals surface area contributed by atoms with E-state index in [1.165, 1.54) is 18.3 Å². The van der Waals surface area contributed by atoms with Crippen LogP contribution in [0.4, 0.5) is 4.39 Å². The van der Waals surface area contributed by atoms with Crippen LogP contribution < -0.4 is 5.32 Å². The van der Waals surface area contributed by atoms with Gasteiger partial charge in [-0.05, 0) is 44.0 Å². The number of nitrogens with zero attached hydrogens (tertiary/aromatic N) is 2. The number of hydrogen-bond donors (Lipinski definition) is 2. The zero-order valence-corrected chi connectivity index (χ0v) is 14.7. The predicted molar refractivity (Wildman–Crippen MR) is 88.6 cm³/mol. The minimum atomic E-state index is -1.06. The summed E-state index contributed by atoms with van der Waals surface area (Å²) in [6.07, 6.45) is 1.03. The van der Waals surface area contributed by atoms with Gasteiger partial charge in [-0.3, -0.25) is 9.59 Å². The Balaban J connectivity index is 2.09. The second-order valence-electron chi connectivity index (χ2n) is 4.13.